The van der Waals surface area contributed by atoms with Gasteiger partial charge < -0.3 is 24.8 Å². The van der Waals surface area contributed by atoms with Crippen molar-refractivity contribution in [3.8, 4) is 11.5 Å². The maximum absolute atomic E-state index is 5.74. The van der Waals surface area contributed by atoms with Crippen LogP contribution in [0.3, 0.4) is 0 Å². The van der Waals surface area contributed by atoms with Crippen LogP contribution < -0.4 is 20.1 Å². The van der Waals surface area contributed by atoms with Gasteiger partial charge in [-0.15, -0.1) is 24.0 Å². The van der Waals surface area contributed by atoms with Gasteiger partial charge in [-0.3, -0.25) is 9.89 Å². The van der Waals surface area contributed by atoms with Crippen molar-refractivity contribution in [1.29, 1.82) is 0 Å². The van der Waals surface area contributed by atoms with E-state index in [-0.39, 0.29) is 24.0 Å². The van der Waals surface area contributed by atoms with E-state index in [1.807, 2.05) is 24.3 Å². The minimum absolute atomic E-state index is 0. The van der Waals surface area contributed by atoms with E-state index in [1.54, 1.807) is 7.11 Å². The predicted molar refractivity (Wildman–Crippen MR) is 124 cm³/mol. The van der Waals surface area contributed by atoms with Crippen LogP contribution in [0, 0.1) is 5.92 Å². The van der Waals surface area contributed by atoms with Crippen molar-refractivity contribution in [3.05, 3.63) is 24.3 Å². The summed E-state index contributed by atoms with van der Waals surface area (Å²) in [6.45, 7) is 12.0. The SMILES string of the molecule is CCNC(=NCC(C)CN1CCOCC1)NCCOc1ccc(OC)cc1.I. The molecule has 0 bridgehead atoms. The summed E-state index contributed by atoms with van der Waals surface area (Å²) in [6, 6.07) is 7.60. The van der Waals surface area contributed by atoms with Crippen molar-refractivity contribution < 1.29 is 14.2 Å². The highest BCUT2D eigenvalue weighted by molar-refractivity contribution is 14.0. The smallest absolute Gasteiger partial charge is 0.191 e. The van der Waals surface area contributed by atoms with Crippen LogP contribution in [0.25, 0.3) is 0 Å². The molecule has 2 rings (SSSR count). The van der Waals surface area contributed by atoms with Gasteiger partial charge in [0.1, 0.15) is 18.1 Å². The van der Waals surface area contributed by atoms with Crippen LogP contribution in [0.4, 0.5) is 0 Å². The van der Waals surface area contributed by atoms with E-state index in [0.29, 0.717) is 19.1 Å². The highest BCUT2D eigenvalue weighted by Gasteiger charge is 2.13. The van der Waals surface area contributed by atoms with Crippen molar-refractivity contribution in [2.24, 2.45) is 10.9 Å². The summed E-state index contributed by atoms with van der Waals surface area (Å²) in [7, 11) is 1.66. The minimum atomic E-state index is 0. The zero-order chi connectivity index (χ0) is 19.3. The van der Waals surface area contributed by atoms with Crippen molar-refractivity contribution in [1.82, 2.24) is 15.5 Å². The third-order valence-electron chi connectivity index (χ3n) is 4.30. The first-order valence-electron chi connectivity index (χ1n) is 9.80. The van der Waals surface area contributed by atoms with Crippen molar-refractivity contribution >= 4 is 29.9 Å². The topological polar surface area (TPSA) is 67.4 Å². The number of guanidine groups is 1. The van der Waals surface area contributed by atoms with E-state index in [9.17, 15) is 0 Å². The number of halogens is 1. The first-order chi connectivity index (χ1) is 13.2. The average Bonchev–Trinajstić information content (AvgIpc) is 2.70. The van der Waals surface area contributed by atoms with Gasteiger partial charge in [0.15, 0.2) is 5.96 Å². The van der Waals surface area contributed by atoms with Crippen molar-refractivity contribution in [2.45, 2.75) is 13.8 Å². The molecule has 1 fully saturated rings. The number of morpholine rings is 1. The highest BCUT2D eigenvalue weighted by Crippen LogP contribution is 2.16. The molecule has 1 atom stereocenters. The predicted octanol–water partition coefficient (Wildman–Crippen LogP) is 2.22. The average molecular weight is 506 g/mol. The van der Waals surface area contributed by atoms with E-state index in [2.05, 4.69) is 29.4 Å². The van der Waals surface area contributed by atoms with Crippen LogP contribution in [-0.4, -0.2) is 77.1 Å². The lowest BCUT2D eigenvalue weighted by Crippen LogP contribution is -2.41. The lowest BCUT2D eigenvalue weighted by molar-refractivity contribution is 0.0323. The Kier molecular flexibility index (Phi) is 13.0. The minimum Gasteiger partial charge on any atom is -0.497 e. The number of rotatable bonds is 10. The number of hydrogen-bond donors (Lipinski definition) is 2. The first-order valence-corrected chi connectivity index (χ1v) is 9.80. The van der Waals surface area contributed by atoms with E-state index in [0.717, 1.165) is 63.4 Å². The zero-order valence-corrected chi connectivity index (χ0v) is 19.6. The van der Waals surface area contributed by atoms with E-state index < -0.39 is 0 Å². The molecule has 0 aromatic heterocycles. The quantitative estimate of drug-likeness (QED) is 0.220. The molecular formula is C20H35IN4O3. The van der Waals surface area contributed by atoms with Crippen molar-refractivity contribution in [2.75, 3.05) is 66.2 Å². The van der Waals surface area contributed by atoms with Crippen LogP contribution in [0.2, 0.25) is 0 Å². The number of methoxy groups -OCH3 is 1. The molecule has 1 heterocycles. The summed E-state index contributed by atoms with van der Waals surface area (Å²) in [5.41, 5.74) is 0. The fraction of sp³-hybridized carbons (Fsp3) is 0.650. The molecule has 7 nitrogen and oxygen atoms in total. The fourth-order valence-corrected chi connectivity index (χ4v) is 2.88. The van der Waals surface area contributed by atoms with E-state index in [1.165, 1.54) is 0 Å². The Morgan fingerprint density at radius 1 is 1.18 bits per heavy atom. The van der Waals surface area contributed by atoms with Gasteiger partial charge in [-0.25, -0.2) is 0 Å². The molecule has 1 aromatic rings. The number of benzene rings is 1. The molecule has 0 amide bonds. The molecule has 1 unspecified atom stereocenters. The summed E-state index contributed by atoms with van der Waals surface area (Å²) >= 11 is 0. The summed E-state index contributed by atoms with van der Waals surface area (Å²) in [5.74, 6) is 3.01. The number of nitrogens with zero attached hydrogens (tertiary/aromatic N) is 2. The van der Waals surface area contributed by atoms with Crippen LogP contribution in [-0.2, 0) is 4.74 Å². The Hall–Kier alpha value is -1.26. The summed E-state index contributed by atoms with van der Waals surface area (Å²) in [5, 5.41) is 6.62. The number of hydrogen-bond acceptors (Lipinski definition) is 5. The lowest BCUT2D eigenvalue weighted by Gasteiger charge is -2.28. The lowest BCUT2D eigenvalue weighted by atomic mass is 10.1. The Labute approximate surface area is 186 Å². The molecule has 2 N–H and O–H groups in total. The summed E-state index contributed by atoms with van der Waals surface area (Å²) < 4.78 is 16.3. The molecule has 1 aliphatic rings. The van der Waals surface area contributed by atoms with Gasteiger partial charge in [0.25, 0.3) is 0 Å². The molecule has 1 aromatic carbocycles. The molecule has 0 saturated carbocycles. The van der Waals surface area contributed by atoms with Gasteiger partial charge in [-0.2, -0.15) is 0 Å². The largest absolute Gasteiger partial charge is 0.497 e. The molecular weight excluding hydrogens is 471 g/mol. The number of aliphatic imine (C=N–C) groups is 1. The monoisotopic (exact) mass is 506 g/mol. The van der Waals surface area contributed by atoms with Crippen molar-refractivity contribution in [3.63, 3.8) is 0 Å². The summed E-state index contributed by atoms with van der Waals surface area (Å²) in [4.78, 5) is 7.16. The van der Waals surface area contributed by atoms with Crippen LogP contribution in [0.15, 0.2) is 29.3 Å². The van der Waals surface area contributed by atoms with E-state index >= 15 is 0 Å². The third kappa shape index (κ3) is 9.79. The number of nitrogens with one attached hydrogen (secondary N) is 2. The van der Waals surface area contributed by atoms with Gasteiger partial charge in [0.05, 0.1) is 26.9 Å². The van der Waals surface area contributed by atoms with Gasteiger partial charge in [-0.05, 0) is 37.1 Å². The van der Waals surface area contributed by atoms with Gasteiger partial charge in [-0.1, -0.05) is 6.92 Å². The molecule has 160 valence electrons. The fourth-order valence-electron chi connectivity index (χ4n) is 2.88. The van der Waals surface area contributed by atoms with Gasteiger partial charge >= 0.3 is 0 Å². The van der Waals surface area contributed by atoms with Crippen LogP contribution in [0.1, 0.15) is 13.8 Å². The Morgan fingerprint density at radius 2 is 1.86 bits per heavy atom. The van der Waals surface area contributed by atoms with Gasteiger partial charge in [0.2, 0.25) is 0 Å². The molecule has 0 spiro atoms. The second-order valence-corrected chi connectivity index (χ2v) is 6.69. The molecule has 28 heavy (non-hydrogen) atoms. The summed E-state index contributed by atoms with van der Waals surface area (Å²) in [6.07, 6.45) is 0. The number of ether oxygens (including phenoxy) is 3. The second-order valence-electron chi connectivity index (χ2n) is 6.69. The maximum atomic E-state index is 5.74. The molecule has 0 aliphatic carbocycles. The van der Waals surface area contributed by atoms with Crippen LogP contribution >= 0.6 is 24.0 Å². The Bertz CT molecular complexity index is 551. The maximum Gasteiger partial charge on any atom is 0.191 e. The molecule has 0 radical (unpaired) electrons. The van der Waals surface area contributed by atoms with Crippen LogP contribution in [0.5, 0.6) is 11.5 Å². The highest BCUT2D eigenvalue weighted by atomic mass is 127. The molecule has 8 heteroatoms. The molecule has 1 aliphatic heterocycles. The zero-order valence-electron chi connectivity index (χ0n) is 17.3. The normalized spacial score (nSPS) is 16.0. The second kappa shape index (κ2) is 14.7. The molecule has 1 saturated heterocycles. The third-order valence-corrected chi connectivity index (χ3v) is 4.30. The van der Waals surface area contributed by atoms with Gasteiger partial charge in [0, 0.05) is 32.7 Å². The Balaban J connectivity index is 0.00000392. The standard InChI is InChI=1S/C20H34N4O3.HI/c1-4-21-20(23-15-17(2)16-24-10-13-26-14-11-24)22-9-12-27-19-7-5-18(25-3)6-8-19;/h5-8,17H,4,9-16H2,1-3H3,(H2,21,22,23);1H. The Morgan fingerprint density at radius 3 is 2.50 bits per heavy atom. The first kappa shape index (κ1) is 24.8. The van der Waals surface area contributed by atoms with E-state index in [4.69, 9.17) is 19.2 Å².